The molecule has 1 aromatic heterocycles. The van der Waals surface area contributed by atoms with Crippen molar-refractivity contribution in [2.24, 2.45) is 5.92 Å². The number of nitrogens with one attached hydrogen (secondary N) is 1. The zero-order valence-electron chi connectivity index (χ0n) is 12.2. The Morgan fingerprint density at radius 1 is 1.30 bits per heavy atom. The van der Waals surface area contributed by atoms with Gasteiger partial charge in [-0.3, -0.25) is 0 Å². The summed E-state index contributed by atoms with van der Waals surface area (Å²) < 4.78 is 5.44. The third-order valence-electron chi connectivity index (χ3n) is 3.31. The van der Waals surface area contributed by atoms with Gasteiger partial charge in [-0.2, -0.15) is 0 Å². The van der Waals surface area contributed by atoms with Crippen molar-refractivity contribution in [2.75, 3.05) is 12.4 Å². The van der Waals surface area contributed by atoms with E-state index in [0.717, 1.165) is 22.0 Å². The Morgan fingerprint density at radius 2 is 2.05 bits per heavy atom. The molecule has 2 rings (SSSR count). The molecule has 0 fully saturated rings. The molecule has 1 aromatic carbocycles. The lowest BCUT2D eigenvalue weighted by Crippen LogP contribution is -2.16. The van der Waals surface area contributed by atoms with Gasteiger partial charge in [-0.15, -0.1) is 11.3 Å². The second kappa shape index (κ2) is 6.51. The van der Waals surface area contributed by atoms with Crippen LogP contribution in [0.25, 0.3) is 0 Å². The summed E-state index contributed by atoms with van der Waals surface area (Å²) in [6, 6.07) is 8.43. The van der Waals surface area contributed by atoms with E-state index in [2.05, 4.69) is 36.7 Å². The summed E-state index contributed by atoms with van der Waals surface area (Å²) in [5, 5.41) is 6.43. The number of rotatable bonds is 5. The fourth-order valence-corrected chi connectivity index (χ4v) is 3.25. The van der Waals surface area contributed by atoms with Crippen molar-refractivity contribution in [1.82, 2.24) is 0 Å². The first-order chi connectivity index (χ1) is 9.52. The molecule has 1 atom stereocenters. The van der Waals surface area contributed by atoms with Gasteiger partial charge < -0.3 is 10.1 Å². The molecule has 0 bridgehead atoms. The van der Waals surface area contributed by atoms with Crippen LogP contribution in [-0.4, -0.2) is 7.11 Å². The quantitative estimate of drug-likeness (QED) is 0.784. The summed E-state index contributed by atoms with van der Waals surface area (Å²) in [5.41, 5.74) is 2.03. The van der Waals surface area contributed by atoms with Crippen LogP contribution in [0.4, 0.5) is 5.69 Å². The monoisotopic (exact) mass is 309 g/mol. The lowest BCUT2D eigenvalue weighted by molar-refractivity contribution is 0.415. The van der Waals surface area contributed by atoms with Crippen LogP contribution in [0.2, 0.25) is 5.02 Å². The van der Waals surface area contributed by atoms with E-state index >= 15 is 0 Å². The smallest absolute Gasteiger partial charge is 0.143 e. The number of ether oxygens (including phenoxy) is 1. The molecular formula is C16H20ClNOS. The van der Waals surface area contributed by atoms with Gasteiger partial charge in [0.2, 0.25) is 0 Å². The van der Waals surface area contributed by atoms with Crippen molar-refractivity contribution in [1.29, 1.82) is 0 Å². The van der Waals surface area contributed by atoms with E-state index in [1.54, 1.807) is 18.4 Å². The van der Waals surface area contributed by atoms with Gasteiger partial charge >= 0.3 is 0 Å². The standard InChI is InChI=1S/C16H20ClNOS/c1-10(2)16(15-6-5-7-20-15)18-13-8-11(3)12(17)9-14(13)19-4/h5-10,16,18H,1-4H3. The van der Waals surface area contributed by atoms with Crippen molar-refractivity contribution in [3.05, 3.63) is 45.1 Å². The number of thiophene rings is 1. The highest BCUT2D eigenvalue weighted by Crippen LogP contribution is 2.36. The van der Waals surface area contributed by atoms with Crippen molar-refractivity contribution in [3.8, 4) is 5.75 Å². The molecule has 0 aliphatic rings. The van der Waals surface area contributed by atoms with Crippen molar-refractivity contribution < 1.29 is 4.74 Å². The number of hydrogen-bond acceptors (Lipinski definition) is 3. The van der Waals surface area contributed by atoms with E-state index in [4.69, 9.17) is 16.3 Å². The van der Waals surface area contributed by atoms with Crippen molar-refractivity contribution in [3.63, 3.8) is 0 Å². The summed E-state index contributed by atoms with van der Waals surface area (Å²) >= 11 is 7.93. The predicted octanol–water partition coefficient (Wildman–Crippen LogP) is 5.53. The van der Waals surface area contributed by atoms with Gasteiger partial charge in [-0.1, -0.05) is 31.5 Å². The number of methoxy groups -OCH3 is 1. The fraction of sp³-hybridized carbons (Fsp3) is 0.375. The van der Waals surface area contributed by atoms with Gasteiger partial charge in [-0.25, -0.2) is 0 Å². The zero-order valence-corrected chi connectivity index (χ0v) is 13.8. The molecule has 0 amide bonds. The van der Waals surface area contributed by atoms with Gasteiger partial charge in [0.25, 0.3) is 0 Å². The van der Waals surface area contributed by atoms with Gasteiger partial charge in [-0.05, 0) is 35.9 Å². The van der Waals surface area contributed by atoms with Crippen molar-refractivity contribution in [2.45, 2.75) is 26.8 Å². The van der Waals surface area contributed by atoms with Crippen LogP contribution in [0, 0.1) is 12.8 Å². The molecule has 0 saturated heterocycles. The molecule has 0 saturated carbocycles. The van der Waals surface area contributed by atoms with Crippen LogP contribution in [0.15, 0.2) is 29.6 Å². The Hall–Kier alpha value is -1.19. The summed E-state index contributed by atoms with van der Waals surface area (Å²) in [6.07, 6.45) is 0. The normalized spacial score (nSPS) is 12.5. The first-order valence-corrected chi connectivity index (χ1v) is 7.92. The number of halogens is 1. The number of hydrogen-bond donors (Lipinski definition) is 1. The van der Waals surface area contributed by atoms with Crippen LogP contribution >= 0.6 is 22.9 Å². The predicted molar refractivity (Wildman–Crippen MR) is 88.3 cm³/mol. The van der Waals surface area contributed by atoms with E-state index in [1.165, 1.54) is 4.88 Å². The van der Waals surface area contributed by atoms with Crippen molar-refractivity contribution >= 4 is 28.6 Å². The Bertz CT molecular complexity index is 566. The number of benzene rings is 1. The van der Waals surface area contributed by atoms with Gasteiger partial charge in [0.05, 0.1) is 18.8 Å². The minimum atomic E-state index is 0.268. The maximum Gasteiger partial charge on any atom is 0.143 e. The average molecular weight is 310 g/mol. The van der Waals surface area contributed by atoms with E-state index < -0.39 is 0 Å². The van der Waals surface area contributed by atoms with Crippen LogP contribution < -0.4 is 10.1 Å². The van der Waals surface area contributed by atoms with E-state index in [-0.39, 0.29) is 6.04 Å². The highest BCUT2D eigenvalue weighted by atomic mass is 35.5. The van der Waals surface area contributed by atoms with E-state index in [0.29, 0.717) is 5.92 Å². The molecule has 0 radical (unpaired) electrons. The summed E-state index contributed by atoms with van der Waals surface area (Å²) in [5.74, 6) is 1.26. The Labute approximate surface area is 129 Å². The Morgan fingerprint density at radius 3 is 2.60 bits per heavy atom. The minimum absolute atomic E-state index is 0.268. The Kier molecular flexibility index (Phi) is 4.95. The van der Waals surface area contributed by atoms with E-state index in [9.17, 15) is 0 Å². The molecule has 1 N–H and O–H groups in total. The summed E-state index contributed by atoms with van der Waals surface area (Å²) in [4.78, 5) is 1.33. The molecule has 0 spiro atoms. The largest absolute Gasteiger partial charge is 0.495 e. The molecule has 0 aliphatic heterocycles. The SMILES string of the molecule is COc1cc(Cl)c(C)cc1NC(c1cccs1)C(C)C. The zero-order chi connectivity index (χ0) is 14.7. The second-order valence-electron chi connectivity index (χ2n) is 5.18. The highest BCUT2D eigenvalue weighted by Gasteiger charge is 2.19. The maximum atomic E-state index is 6.16. The molecule has 0 aliphatic carbocycles. The summed E-state index contributed by atoms with van der Waals surface area (Å²) in [6.45, 7) is 6.43. The topological polar surface area (TPSA) is 21.3 Å². The van der Waals surface area contributed by atoms with E-state index in [1.807, 2.05) is 19.1 Å². The van der Waals surface area contributed by atoms with Gasteiger partial charge in [0.1, 0.15) is 5.75 Å². The lowest BCUT2D eigenvalue weighted by atomic mass is 10.0. The lowest BCUT2D eigenvalue weighted by Gasteiger charge is -2.24. The molecule has 1 unspecified atom stereocenters. The van der Waals surface area contributed by atoms with Gasteiger partial charge in [0, 0.05) is 16.0 Å². The molecule has 2 aromatic rings. The third-order valence-corrected chi connectivity index (χ3v) is 4.67. The van der Waals surface area contributed by atoms with Crippen LogP contribution in [0.1, 0.15) is 30.3 Å². The summed E-state index contributed by atoms with van der Waals surface area (Å²) in [7, 11) is 1.67. The van der Waals surface area contributed by atoms with Crippen LogP contribution in [0.3, 0.4) is 0 Å². The Balaban J connectivity index is 2.34. The van der Waals surface area contributed by atoms with Crippen LogP contribution in [-0.2, 0) is 0 Å². The average Bonchev–Trinajstić information content (AvgIpc) is 2.92. The molecule has 20 heavy (non-hydrogen) atoms. The fourth-order valence-electron chi connectivity index (χ4n) is 2.15. The molecular weight excluding hydrogens is 290 g/mol. The minimum Gasteiger partial charge on any atom is -0.495 e. The first kappa shape index (κ1) is 15.2. The maximum absolute atomic E-state index is 6.16. The third kappa shape index (κ3) is 3.28. The molecule has 4 heteroatoms. The first-order valence-electron chi connectivity index (χ1n) is 6.67. The van der Waals surface area contributed by atoms with Crippen LogP contribution in [0.5, 0.6) is 5.75 Å². The number of aryl methyl sites for hydroxylation is 1. The molecule has 108 valence electrons. The molecule has 1 heterocycles. The molecule has 2 nitrogen and oxygen atoms in total. The highest BCUT2D eigenvalue weighted by molar-refractivity contribution is 7.10. The van der Waals surface area contributed by atoms with Gasteiger partial charge in [0.15, 0.2) is 0 Å². The second-order valence-corrected chi connectivity index (χ2v) is 6.57. The number of anilines is 1.